The number of carbonyl (C=O) groups excluding carboxylic acids is 1. The number of aliphatic carboxylic acids is 1. The second-order valence-corrected chi connectivity index (χ2v) is 9.81. The number of hydrogen-bond donors (Lipinski definition) is 1. The first-order chi connectivity index (χ1) is 15.8. The van der Waals surface area contributed by atoms with Crippen LogP contribution in [0.1, 0.15) is 62.1 Å². The van der Waals surface area contributed by atoms with Crippen molar-refractivity contribution < 1.29 is 14.7 Å². The van der Waals surface area contributed by atoms with Gasteiger partial charge in [0.25, 0.3) is 11.5 Å². The van der Waals surface area contributed by atoms with Gasteiger partial charge in [-0.2, -0.15) is 5.26 Å². The highest BCUT2D eigenvalue weighted by Gasteiger charge is 2.33. The maximum absolute atomic E-state index is 13.1. The lowest BCUT2D eigenvalue weighted by molar-refractivity contribution is -0.137. The Morgan fingerprint density at radius 1 is 1.24 bits per heavy atom. The quantitative estimate of drug-likeness (QED) is 0.459. The summed E-state index contributed by atoms with van der Waals surface area (Å²) in [5.74, 6) is -0.444. The summed E-state index contributed by atoms with van der Waals surface area (Å²) in [7, 11) is 0. The topological polar surface area (TPSA) is 107 Å². The highest BCUT2D eigenvalue weighted by atomic mass is 32.2. The van der Waals surface area contributed by atoms with Crippen LogP contribution in [0.4, 0.5) is 5.82 Å². The zero-order chi connectivity index (χ0) is 24.1. The number of thioether (sulfide) groups is 1. The number of carboxylic acid groups (broad SMARTS) is 1. The van der Waals surface area contributed by atoms with Crippen molar-refractivity contribution in [3.8, 4) is 6.07 Å². The predicted octanol–water partition coefficient (Wildman–Crippen LogP) is 3.49. The maximum Gasteiger partial charge on any atom is 0.303 e. The monoisotopic (exact) mass is 488 g/mol. The van der Waals surface area contributed by atoms with Gasteiger partial charge < -0.3 is 10.0 Å². The lowest BCUT2D eigenvalue weighted by Crippen LogP contribution is -2.35. The van der Waals surface area contributed by atoms with Crippen LogP contribution in [0, 0.1) is 18.3 Å². The molecule has 0 unspecified atom stereocenters. The predicted molar refractivity (Wildman–Crippen MR) is 133 cm³/mol. The van der Waals surface area contributed by atoms with Gasteiger partial charge in [-0.25, -0.2) is 0 Å². The number of amides is 1. The Hall–Kier alpha value is -2.64. The van der Waals surface area contributed by atoms with Gasteiger partial charge in [0, 0.05) is 38.2 Å². The van der Waals surface area contributed by atoms with Crippen molar-refractivity contribution in [2.24, 2.45) is 0 Å². The van der Waals surface area contributed by atoms with E-state index in [1.54, 1.807) is 17.6 Å². The maximum atomic E-state index is 13.1. The van der Waals surface area contributed by atoms with Gasteiger partial charge in [-0.1, -0.05) is 36.8 Å². The van der Waals surface area contributed by atoms with Crippen molar-refractivity contribution in [1.29, 1.82) is 5.26 Å². The average Bonchev–Trinajstić information content (AvgIpc) is 2.95. The van der Waals surface area contributed by atoms with Gasteiger partial charge in [0.1, 0.15) is 21.8 Å². The smallest absolute Gasteiger partial charge is 0.303 e. The first kappa shape index (κ1) is 25.0. The van der Waals surface area contributed by atoms with Crippen molar-refractivity contribution in [1.82, 2.24) is 9.47 Å². The molecule has 0 saturated carbocycles. The number of pyridine rings is 1. The van der Waals surface area contributed by atoms with E-state index in [0.29, 0.717) is 33.3 Å². The molecule has 1 aromatic heterocycles. The number of rotatable bonds is 7. The van der Waals surface area contributed by atoms with Crippen LogP contribution in [0.3, 0.4) is 0 Å². The zero-order valence-corrected chi connectivity index (χ0v) is 20.6. The number of nitrogens with zero attached hydrogens (tertiary/aromatic N) is 4. The lowest BCUT2D eigenvalue weighted by atomic mass is 10.0. The van der Waals surface area contributed by atoms with Crippen LogP contribution >= 0.6 is 24.0 Å². The highest BCUT2D eigenvalue weighted by molar-refractivity contribution is 8.26. The molecule has 176 valence electrons. The van der Waals surface area contributed by atoms with E-state index in [1.165, 1.54) is 16.7 Å². The number of aromatic nitrogens is 1. The fraction of sp³-hybridized carbons (Fsp3) is 0.522. The van der Waals surface area contributed by atoms with Crippen LogP contribution in [-0.2, 0) is 16.1 Å². The Bertz CT molecular complexity index is 1100. The molecule has 0 radical (unpaired) electrons. The molecular formula is C23H28N4O4S2. The van der Waals surface area contributed by atoms with Gasteiger partial charge in [0.05, 0.1) is 4.91 Å². The Labute approximate surface area is 202 Å². The minimum absolute atomic E-state index is 0.0404. The number of anilines is 1. The molecule has 0 aromatic carbocycles. The van der Waals surface area contributed by atoms with Crippen molar-refractivity contribution in [2.45, 2.75) is 58.9 Å². The first-order valence-electron chi connectivity index (χ1n) is 11.2. The summed E-state index contributed by atoms with van der Waals surface area (Å²) in [6.45, 7) is 5.90. The van der Waals surface area contributed by atoms with E-state index in [2.05, 4.69) is 4.90 Å². The van der Waals surface area contributed by atoms with E-state index < -0.39 is 5.97 Å². The molecular weight excluding hydrogens is 460 g/mol. The van der Waals surface area contributed by atoms with Gasteiger partial charge in [0.2, 0.25) is 0 Å². The molecule has 0 bridgehead atoms. The number of carboxylic acids is 1. The van der Waals surface area contributed by atoms with Gasteiger partial charge in [0.15, 0.2) is 0 Å². The van der Waals surface area contributed by atoms with Gasteiger partial charge in [-0.15, -0.1) is 0 Å². The second kappa shape index (κ2) is 11.0. The highest BCUT2D eigenvalue weighted by Crippen LogP contribution is 2.36. The third kappa shape index (κ3) is 5.31. The van der Waals surface area contributed by atoms with E-state index in [0.717, 1.165) is 44.6 Å². The van der Waals surface area contributed by atoms with Crippen molar-refractivity contribution in [3.05, 3.63) is 31.9 Å². The Morgan fingerprint density at radius 2 is 1.91 bits per heavy atom. The standard InChI is InChI=1S/C23H28N4O4S2/c1-3-26-20(25-10-6-4-5-7-11-25)16(15(2)17(14-24)21(26)30)13-18-22(31)27(23(32)33-18)12-8-9-19(28)29/h13H,3-12H2,1-2H3,(H,28,29)/b18-13-. The van der Waals surface area contributed by atoms with Crippen LogP contribution in [0.5, 0.6) is 0 Å². The van der Waals surface area contributed by atoms with Crippen molar-refractivity contribution >= 4 is 52.1 Å². The summed E-state index contributed by atoms with van der Waals surface area (Å²) >= 11 is 6.55. The van der Waals surface area contributed by atoms with Gasteiger partial charge in [-0.3, -0.25) is 23.9 Å². The number of thiocarbonyl (C=S) groups is 1. The summed E-state index contributed by atoms with van der Waals surface area (Å²) in [6.07, 6.45) is 6.31. The molecule has 3 rings (SSSR count). The second-order valence-electron chi connectivity index (χ2n) is 8.13. The summed E-state index contributed by atoms with van der Waals surface area (Å²) < 4.78 is 2.02. The van der Waals surface area contributed by atoms with Crippen molar-refractivity contribution in [3.63, 3.8) is 0 Å². The van der Waals surface area contributed by atoms with Gasteiger partial charge >= 0.3 is 5.97 Å². The van der Waals surface area contributed by atoms with E-state index in [-0.39, 0.29) is 30.0 Å². The molecule has 1 amide bonds. The fourth-order valence-electron chi connectivity index (χ4n) is 4.27. The SMILES string of the molecule is CCn1c(N2CCCCCC2)c(/C=C2\SC(=S)N(CCCC(=O)O)C2=O)c(C)c(C#N)c1=O. The van der Waals surface area contributed by atoms with Crippen LogP contribution in [0.2, 0.25) is 0 Å². The number of nitriles is 1. The summed E-state index contributed by atoms with van der Waals surface area (Å²) in [5, 5.41) is 18.6. The summed E-state index contributed by atoms with van der Waals surface area (Å²) in [5.41, 5.74) is 1.03. The molecule has 0 aliphatic carbocycles. The normalized spacial score (nSPS) is 18.0. The molecule has 10 heteroatoms. The van der Waals surface area contributed by atoms with Gasteiger partial charge in [-0.05, 0) is 44.7 Å². The average molecular weight is 489 g/mol. The molecule has 0 atom stereocenters. The summed E-state index contributed by atoms with van der Waals surface area (Å²) in [6, 6.07) is 2.05. The minimum Gasteiger partial charge on any atom is -0.481 e. The Morgan fingerprint density at radius 3 is 2.48 bits per heavy atom. The molecule has 8 nitrogen and oxygen atoms in total. The molecule has 0 spiro atoms. The fourth-order valence-corrected chi connectivity index (χ4v) is 5.56. The third-order valence-electron chi connectivity index (χ3n) is 5.99. The van der Waals surface area contributed by atoms with Crippen LogP contribution in [0.25, 0.3) is 6.08 Å². The van der Waals surface area contributed by atoms with Crippen molar-refractivity contribution in [2.75, 3.05) is 24.5 Å². The van der Waals surface area contributed by atoms with E-state index in [9.17, 15) is 19.6 Å². The number of carbonyl (C=O) groups is 2. The Balaban J connectivity index is 2.09. The minimum atomic E-state index is -0.917. The third-order valence-corrected chi connectivity index (χ3v) is 7.37. The van der Waals surface area contributed by atoms with Crippen LogP contribution in [-0.4, -0.2) is 50.4 Å². The Kier molecular flexibility index (Phi) is 8.32. The molecule has 2 aliphatic heterocycles. The largest absolute Gasteiger partial charge is 0.481 e. The molecule has 1 aromatic rings. The van der Waals surface area contributed by atoms with E-state index in [4.69, 9.17) is 17.3 Å². The molecule has 33 heavy (non-hydrogen) atoms. The molecule has 3 heterocycles. The van der Waals surface area contributed by atoms with Crippen LogP contribution < -0.4 is 10.5 Å². The molecule has 2 aliphatic rings. The zero-order valence-electron chi connectivity index (χ0n) is 18.9. The first-order valence-corrected chi connectivity index (χ1v) is 12.4. The lowest BCUT2D eigenvalue weighted by Gasteiger charge is -2.29. The molecule has 1 N–H and O–H groups in total. The van der Waals surface area contributed by atoms with E-state index >= 15 is 0 Å². The summed E-state index contributed by atoms with van der Waals surface area (Å²) in [4.78, 5) is 41.0. The molecule has 2 saturated heterocycles. The number of hydrogen-bond acceptors (Lipinski definition) is 7. The molecule has 2 fully saturated rings. The van der Waals surface area contributed by atoms with E-state index in [1.807, 2.05) is 13.0 Å². The van der Waals surface area contributed by atoms with Crippen LogP contribution in [0.15, 0.2) is 9.70 Å².